The van der Waals surface area contributed by atoms with Gasteiger partial charge in [0.15, 0.2) is 0 Å². The second-order valence-electron chi connectivity index (χ2n) is 5.02. The first kappa shape index (κ1) is 13.8. The second kappa shape index (κ2) is 5.35. The standard InChI is InChI=1S/C11H19NO5/c1-11(2,3)17-10(15)12-4-5-16-8(7-12)6-9(13)14/h8H,4-7H2,1-3H3,(H,13,14)/t8-/m0/s1. The Kier molecular flexibility index (Phi) is 4.34. The zero-order chi connectivity index (χ0) is 13.1. The van der Waals surface area contributed by atoms with Gasteiger partial charge in [-0.1, -0.05) is 0 Å². The van der Waals surface area contributed by atoms with Crippen LogP contribution < -0.4 is 0 Å². The first-order valence-electron chi connectivity index (χ1n) is 5.59. The summed E-state index contributed by atoms with van der Waals surface area (Å²) in [6.45, 7) is 6.42. The number of morpholine rings is 1. The van der Waals surface area contributed by atoms with Crippen molar-refractivity contribution in [2.45, 2.75) is 38.9 Å². The number of amides is 1. The van der Waals surface area contributed by atoms with Gasteiger partial charge in [-0.3, -0.25) is 4.79 Å². The van der Waals surface area contributed by atoms with Crippen LogP contribution >= 0.6 is 0 Å². The van der Waals surface area contributed by atoms with Crippen LogP contribution in [0.25, 0.3) is 0 Å². The molecule has 1 aliphatic heterocycles. The van der Waals surface area contributed by atoms with Crippen LogP contribution in [-0.4, -0.2) is 53.5 Å². The Labute approximate surface area is 100 Å². The Bertz CT molecular complexity index is 297. The van der Waals surface area contributed by atoms with E-state index in [1.807, 2.05) is 0 Å². The van der Waals surface area contributed by atoms with E-state index < -0.39 is 23.8 Å². The van der Waals surface area contributed by atoms with Crippen molar-refractivity contribution in [3.05, 3.63) is 0 Å². The molecule has 17 heavy (non-hydrogen) atoms. The predicted molar refractivity (Wildman–Crippen MR) is 59.8 cm³/mol. The number of carboxylic acid groups (broad SMARTS) is 1. The van der Waals surface area contributed by atoms with Crippen molar-refractivity contribution >= 4 is 12.1 Å². The molecule has 0 aliphatic carbocycles. The van der Waals surface area contributed by atoms with Gasteiger partial charge < -0.3 is 19.5 Å². The third-order valence-electron chi connectivity index (χ3n) is 2.19. The number of carboxylic acids is 1. The van der Waals surface area contributed by atoms with Gasteiger partial charge in [0.05, 0.1) is 25.7 Å². The lowest BCUT2D eigenvalue weighted by Crippen LogP contribution is -2.48. The van der Waals surface area contributed by atoms with Crippen molar-refractivity contribution in [1.82, 2.24) is 4.90 Å². The van der Waals surface area contributed by atoms with Crippen molar-refractivity contribution in [1.29, 1.82) is 0 Å². The van der Waals surface area contributed by atoms with Crippen molar-refractivity contribution in [2.75, 3.05) is 19.7 Å². The number of carbonyl (C=O) groups excluding carboxylic acids is 1. The van der Waals surface area contributed by atoms with Crippen LogP contribution in [0.4, 0.5) is 4.79 Å². The van der Waals surface area contributed by atoms with Crippen LogP contribution in [0.1, 0.15) is 27.2 Å². The van der Waals surface area contributed by atoms with Gasteiger partial charge in [-0.25, -0.2) is 4.79 Å². The highest BCUT2D eigenvalue weighted by atomic mass is 16.6. The average Bonchev–Trinajstić information content (AvgIpc) is 2.14. The van der Waals surface area contributed by atoms with Crippen molar-refractivity contribution in [2.24, 2.45) is 0 Å². The van der Waals surface area contributed by atoms with Gasteiger partial charge in [0.1, 0.15) is 5.60 Å². The quantitative estimate of drug-likeness (QED) is 0.788. The minimum atomic E-state index is -0.930. The van der Waals surface area contributed by atoms with Crippen molar-refractivity contribution in [3.8, 4) is 0 Å². The fraction of sp³-hybridized carbons (Fsp3) is 0.818. The fourth-order valence-electron chi connectivity index (χ4n) is 1.53. The van der Waals surface area contributed by atoms with Gasteiger partial charge in [-0.2, -0.15) is 0 Å². The molecule has 6 heteroatoms. The number of nitrogens with zero attached hydrogens (tertiary/aromatic N) is 1. The zero-order valence-electron chi connectivity index (χ0n) is 10.4. The van der Waals surface area contributed by atoms with E-state index in [-0.39, 0.29) is 13.0 Å². The molecular formula is C11H19NO5. The second-order valence-corrected chi connectivity index (χ2v) is 5.02. The number of rotatable bonds is 2. The van der Waals surface area contributed by atoms with E-state index in [0.717, 1.165) is 0 Å². The Balaban J connectivity index is 2.49. The number of hydrogen-bond acceptors (Lipinski definition) is 4. The molecule has 0 aromatic heterocycles. The third kappa shape index (κ3) is 5.04. The lowest BCUT2D eigenvalue weighted by atomic mass is 10.2. The Hall–Kier alpha value is -1.30. The molecule has 1 heterocycles. The number of aliphatic carboxylic acids is 1. The molecule has 1 N–H and O–H groups in total. The van der Waals surface area contributed by atoms with E-state index in [2.05, 4.69) is 0 Å². The predicted octanol–water partition coefficient (Wildman–Crippen LogP) is 1.10. The summed E-state index contributed by atoms with van der Waals surface area (Å²) in [5, 5.41) is 8.66. The first-order chi connectivity index (χ1) is 7.78. The van der Waals surface area contributed by atoms with Crippen LogP contribution in [0.2, 0.25) is 0 Å². The molecule has 1 atom stereocenters. The SMILES string of the molecule is CC(C)(C)OC(=O)N1CCO[C@@H](CC(=O)O)C1. The summed E-state index contributed by atoms with van der Waals surface area (Å²) in [4.78, 5) is 23.8. The maximum absolute atomic E-state index is 11.7. The molecule has 0 unspecified atom stereocenters. The Morgan fingerprint density at radius 1 is 1.47 bits per heavy atom. The molecule has 1 amide bonds. The molecule has 0 aromatic carbocycles. The summed E-state index contributed by atoms with van der Waals surface area (Å²) < 4.78 is 10.5. The zero-order valence-corrected chi connectivity index (χ0v) is 10.4. The molecule has 1 fully saturated rings. The highest BCUT2D eigenvalue weighted by Crippen LogP contribution is 2.14. The topological polar surface area (TPSA) is 76.1 Å². The van der Waals surface area contributed by atoms with E-state index >= 15 is 0 Å². The van der Waals surface area contributed by atoms with E-state index in [4.69, 9.17) is 14.6 Å². The average molecular weight is 245 g/mol. The van der Waals surface area contributed by atoms with Gasteiger partial charge in [-0.15, -0.1) is 0 Å². The first-order valence-corrected chi connectivity index (χ1v) is 5.59. The number of hydrogen-bond donors (Lipinski definition) is 1. The van der Waals surface area contributed by atoms with Crippen LogP contribution in [0.3, 0.4) is 0 Å². The summed E-state index contributed by atoms with van der Waals surface area (Å²) in [6.07, 6.45) is -0.968. The fourth-order valence-corrected chi connectivity index (χ4v) is 1.53. The van der Waals surface area contributed by atoms with Gasteiger partial charge in [0.2, 0.25) is 0 Å². The molecule has 0 bridgehead atoms. The summed E-state index contributed by atoms with van der Waals surface area (Å²) >= 11 is 0. The van der Waals surface area contributed by atoms with Gasteiger partial charge in [0.25, 0.3) is 0 Å². The summed E-state index contributed by atoms with van der Waals surface area (Å²) in [6, 6.07) is 0. The molecule has 1 aliphatic rings. The maximum Gasteiger partial charge on any atom is 0.410 e. The molecular weight excluding hydrogens is 226 g/mol. The van der Waals surface area contributed by atoms with Gasteiger partial charge in [-0.05, 0) is 20.8 Å². The van der Waals surface area contributed by atoms with E-state index in [1.54, 1.807) is 20.8 Å². The van der Waals surface area contributed by atoms with Crippen LogP contribution in [-0.2, 0) is 14.3 Å². The molecule has 1 saturated heterocycles. The molecule has 0 saturated carbocycles. The van der Waals surface area contributed by atoms with Crippen LogP contribution in [0.5, 0.6) is 0 Å². The smallest absolute Gasteiger partial charge is 0.410 e. The van der Waals surface area contributed by atoms with Gasteiger partial charge in [0, 0.05) is 6.54 Å². The Morgan fingerprint density at radius 2 is 2.12 bits per heavy atom. The largest absolute Gasteiger partial charge is 0.481 e. The van der Waals surface area contributed by atoms with E-state index in [1.165, 1.54) is 4.90 Å². The summed E-state index contributed by atoms with van der Waals surface area (Å²) in [7, 11) is 0. The molecule has 1 rings (SSSR count). The van der Waals surface area contributed by atoms with E-state index in [0.29, 0.717) is 13.2 Å². The summed E-state index contributed by atoms with van der Waals surface area (Å²) in [5.74, 6) is -0.930. The molecule has 0 radical (unpaired) electrons. The number of carbonyl (C=O) groups is 2. The number of ether oxygens (including phenoxy) is 2. The Morgan fingerprint density at radius 3 is 2.65 bits per heavy atom. The molecule has 98 valence electrons. The minimum Gasteiger partial charge on any atom is -0.481 e. The van der Waals surface area contributed by atoms with Crippen molar-refractivity contribution < 1.29 is 24.2 Å². The lowest BCUT2D eigenvalue weighted by Gasteiger charge is -2.33. The monoisotopic (exact) mass is 245 g/mol. The van der Waals surface area contributed by atoms with Crippen molar-refractivity contribution in [3.63, 3.8) is 0 Å². The summed E-state index contributed by atoms with van der Waals surface area (Å²) in [5.41, 5.74) is -0.544. The highest BCUT2D eigenvalue weighted by Gasteiger charge is 2.29. The van der Waals surface area contributed by atoms with Crippen LogP contribution in [0.15, 0.2) is 0 Å². The van der Waals surface area contributed by atoms with Crippen LogP contribution in [0, 0.1) is 0 Å². The normalized spacial score (nSPS) is 21.1. The molecule has 6 nitrogen and oxygen atoms in total. The molecule has 0 spiro atoms. The highest BCUT2D eigenvalue weighted by molar-refractivity contribution is 5.69. The van der Waals surface area contributed by atoms with Gasteiger partial charge >= 0.3 is 12.1 Å². The maximum atomic E-state index is 11.7. The molecule has 0 aromatic rings. The third-order valence-corrected chi connectivity index (χ3v) is 2.19. The lowest BCUT2D eigenvalue weighted by molar-refractivity contribution is -0.142. The van der Waals surface area contributed by atoms with E-state index in [9.17, 15) is 9.59 Å². The minimum absolute atomic E-state index is 0.0979.